The summed E-state index contributed by atoms with van der Waals surface area (Å²) in [4.78, 5) is 25.2. The number of likely N-dealkylation sites (tertiary alicyclic amines) is 1. The molecule has 1 aliphatic heterocycles. The van der Waals surface area contributed by atoms with Crippen molar-refractivity contribution in [3.05, 3.63) is 24.3 Å². The van der Waals surface area contributed by atoms with Crippen LogP contribution in [0, 0.1) is 5.92 Å². The average molecular weight is 397 g/mol. The van der Waals surface area contributed by atoms with Crippen LogP contribution in [0.2, 0.25) is 0 Å². The van der Waals surface area contributed by atoms with Gasteiger partial charge in [-0.3, -0.25) is 9.59 Å². The molecule has 2 N–H and O–H groups in total. The minimum absolute atomic E-state index is 0.136. The maximum atomic E-state index is 12.4. The van der Waals surface area contributed by atoms with Gasteiger partial charge in [-0.2, -0.15) is 4.31 Å². The van der Waals surface area contributed by atoms with Crippen molar-refractivity contribution >= 4 is 21.8 Å². The van der Waals surface area contributed by atoms with Crippen LogP contribution in [0.3, 0.4) is 0 Å². The van der Waals surface area contributed by atoms with Gasteiger partial charge in [-0.15, -0.1) is 0 Å². The Morgan fingerprint density at radius 2 is 1.70 bits per heavy atom. The molecule has 1 saturated heterocycles. The number of sulfonamides is 1. The van der Waals surface area contributed by atoms with Crippen molar-refractivity contribution in [1.82, 2.24) is 9.21 Å². The van der Waals surface area contributed by atoms with Crippen molar-refractivity contribution in [2.24, 2.45) is 11.7 Å². The molecule has 0 aromatic heterocycles. The van der Waals surface area contributed by atoms with E-state index in [9.17, 15) is 18.0 Å². The Morgan fingerprint density at radius 3 is 2.19 bits per heavy atom. The van der Waals surface area contributed by atoms with Crippen LogP contribution in [0.1, 0.15) is 26.7 Å². The normalized spacial score (nSPS) is 15.7. The molecule has 0 bridgehead atoms. The molecule has 1 aromatic carbocycles. The predicted molar refractivity (Wildman–Crippen MR) is 101 cm³/mol. The summed E-state index contributed by atoms with van der Waals surface area (Å²) in [5.74, 6) is -0.236. The molecule has 27 heavy (non-hydrogen) atoms. The van der Waals surface area contributed by atoms with E-state index < -0.39 is 10.0 Å². The Hall–Kier alpha value is -2.13. The maximum Gasteiger partial charge on any atom is 0.260 e. The number of carbonyl (C=O) groups is 2. The molecule has 8 nitrogen and oxygen atoms in total. The van der Waals surface area contributed by atoms with E-state index in [2.05, 4.69) is 0 Å². The highest BCUT2D eigenvalue weighted by molar-refractivity contribution is 7.89. The minimum Gasteiger partial charge on any atom is -0.484 e. The largest absolute Gasteiger partial charge is 0.484 e. The fourth-order valence-corrected chi connectivity index (χ4v) is 4.53. The topological polar surface area (TPSA) is 110 Å². The number of primary amides is 1. The summed E-state index contributed by atoms with van der Waals surface area (Å²) in [5, 5.41) is 0. The van der Waals surface area contributed by atoms with Crippen LogP contribution in [-0.2, 0) is 19.6 Å². The highest BCUT2D eigenvalue weighted by atomic mass is 32.2. The minimum atomic E-state index is -3.51. The predicted octanol–water partition coefficient (Wildman–Crippen LogP) is 0.820. The van der Waals surface area contributed by atoms with E-state index in [4.69, 9.17) is 10.5 Å². The molecule has 2 amide bonds. The van der Waals surface area contributed by atoms with Gasteiger partial charge < -0.3 is 15.4 Å². The maximum absolute atomic E-state index is 12.4. The molecule has 0 radical (unpaired) electrons. The number of benzene rings is 1. The lowest BCUT2D eigenvalue weighted by Gasteiger charge is -2.30. The van der Waals surface area contributed by atoms with Gasteiger partial charge in [0.05, 0.1) is 4.90 Å². The standard InChI is InChI=1S/C18H27N3O5S/c1-3-21(4-2)27(24,25)16-7-5-15(6-8-16)26-13-17(22)20-11-9-14(10-12-20)18(19)23/h5-8,14H,3-4,9-13H2,1-2H3,(H2,19,23). The first-order valence-corrected chi connectivity index (χ1v) is 10.5. The average Bonchev–Trinajstić information content (AvgIpc) is 2.67. The first kappa shape index (κ1) is 21.2. The molecule has 0 unspecified atom stereocenters. The van der Waals surface area contributed by atoms with Crippen LogP contribution in [0.25, 0.3) is 0 Å². The number of amides is 2. The van der Waals surface area contributed by atoms with E-state index in [0.29, 0.717) is 44.8 Å². The summed E-state index contributed by atoms with van der Waals surface area (Å²) in [6, 6.07) is 6.05. The van der Waals surface area contributed by atoms with Crippen molar-refractivity contribution in [2.45, 2.75) is 31.6 Å². The fourth-order valence-electron chi connectivity index (χ4n) is 3.07. The van der Waals surface area contributed by atoms with Gasteiger partial charge in [0, 0.05) is 32.1 Å². The third kappa shape index (κ3) is 5.20. The summed E-state index contributed by atoms with van der Waals surface area (Å²) < 4.78 is 31.8. The highest BCUT2D eigenvalue weighted by Gasteiger charge is 2.26. The first-order chi connectivity index (χ1) is 12.8. The molecule has 9 heteroatoms. The van der Waals surface area contributed by atoms with Crippen molar-refractivity contribution < 1.29 is 22.7 Å². The van der Waals surface area contributed by atoms with Crippen LogP contribution in [0.4, 0.5) is 0 Å². The monoisotopic (exact) mass is 397 g/mol. The van der Waals surface area contributed by atoms with E-state index in [1.54, 1.807) is 30.9 Å². The summed E-state index contributed by atoms with van der Waals surface area (Å²) in [5.41, 5.74) is 5.29. The van der Waals surface area contributed by atoms with Crippen LogP contribution in [-0.4, -0.2) is 62.2 Å². The third-order valence-corrected chi connectivity index (χ3v) is 6.84. The second-order valence-corrected chi connectivity index (χ2v) is 8.34. The highest BCUT2D eigenvalue weighted by Crippen LogP contribution is 2.20. The van der Waals surface area contributed by atoms with Crippen LogP contribution in [0.15, 0.2) is 29.2 Å². The lowest BCUT2D eigenvalue weighted by atomic mass is 9.96. The van der Waals surface area contributed by atoms with Crippen LogP contribution < -0.4 is 10.5 Å². The Balaban J connectivity index is 1.90. The zero-order valence-corrected chi connectivity index (χ0v) is 16.6. The van der Waals surface area contributed by atoms with Gasteiger partial charge in [-0.1, -0.05) is 13.8 Å². The Bertz CT molecular complexity index is 752. The summed E-state index contributed by atoms with van der Waals surface area (Å²) in [7, 11) is -3.51. The molecule has 150 valence electrons. The third-order valence-electron chi connectivity index (χ3n) is 4.78. The van der Waals surface area contributed by atoms with Gasteiger partial charge >= 0.3 is 0 Å². The number of hydrogen-bond donors (Lipinski definition) is 1. The SMILES string of the molecule is CCN(CC)S(=O)(=O)c1ccc(OCC(=O)N2CCC(C(N)=O)CC2)cc1. The Morgan fingerprint density at radius 1 is 1.15 bits per heavy atom. The number of carbonyl (C=O) groups excluding carboxylic acids is 2. The van der Waals surface area contributed by atoms with Gasteiger partial charge in [0.15, 0.2) is 6.61 Å². The number of hydrogen-bond acceptors (Lipinski definition) is 5. The number of ether oxygens (including phenoxy) is 1. The van der Waals surface area contributed by atoms with E-state index in [0.717, 1.165) is 0 Å². The quantitative estimate of drug-likeness (QED) is 0.698. The molecular formula is C18H27N3O5S. The first-order valence-electron chi connectivity index (χ1n) is 9.09. The van der Waals surface area contributed by atoms with Crippen LogP contribution >= 0.6 is 0 Å². The Labute approximate surface area is 160 Å². The van der Waals surface area contributed by atoms with E-state index in [1.165, 1.54) is 16.4 Å². The van der Waals surface area contributed by atoms with Crippen molar-refractivity contribution in [1.29, 1.82) is 0 Å². The lowest BCUT2D eigenvalue weighted by Crippen LogP contribution is -2.43. The molecule has 0 spiro atoms. The van der Waals surface area contributed by atoms with Gasteiger partial charge in [0.25, 0.3) is 5.91 Å². The number of nitrogens with zero attached hydrogens (tertiary/aromatic N) is 2. The molecule has 1 aromatic rings. The smallest absolute Gasteiger partial charge is 0.260 e. The lowest BCUT2D eigenvalue weighted by molar-refractivity contribution is -0.136. The van der Waals surface area contributed by atoms with Crippen LogP contribution in [0.5, 0.6) is 5.75 Å². The number of piperidine rings is 1. The van der Waals surface area contributed by atoms with Crippen molar-refractivity contribution in [3.8, 4) is 5.75 Å². The molecule has 0 atom stereocenters. The fraction of sp³-hybridized carbons (Fsp3) is 0.556. The van der Waals surface area contributed by atoms with Crippen molar-refractivity contribution in [3.63, 3.8) is 0 Å². The zero-order valence-electron chi connectivity index (χ0n) is 15.8. The van der Waals surface area contributed by atoms with Gasteiger partial charge in [-0.05, 0) is 37.1 Å². The summed E-state index contributed by atoms with van der Waals surface area (Å²) in [6.45, 7) is 5.21. The number of nitrogens with two attached hydrogens (primary N) is 1. The molecule has 1 heterocycles. The molecule has 1 fully saturated rings. The second kappa shape index (κ2) is 9.18. The summed E-state index contributed by atoms with van der Waals surface area (Å²) >= 11 is 0. The van der Waals surface area contributed by atoms with Gasteiger partial charge in [0.1, 0.15) is 5.75 Å². The zero-order chi connectivity index (χ0) is 20.0. The Kier molecular flexibility index (Phi) is 7.20. The van der Waals surface area contributed by atoms with Crippen molar-refractivity contribution in [2.75, 3.05) is 32.8 Å². The molecule has 0 aliphatic carbocycles. The summed E-state index contributed by atoms with van der Waals surface area (Å²) in [6.07, 6.45) is 1.14. The second-order valence-electron chi connectivity index (χ2n) is 6.41. The number of rotatable bonds is 8. The van der Waals surface area contributed by atoms with E-state index >= 15 is 0 Å². The van der Waals surface area contributed by atoms with Gasteiger partial charge in [-0.25, -0.2) is 8.42 Å². The molecule has 0 saturated carbocycles. The van der Waals surface area contributed by atoms with E-state index in [-0.39, 0.29) is 29.2 Å². The molecule has 1 aliphatic rings. The van der Waals surface area contributed by atoms with Gasteiger partial charge in [0.2, 0.25) is 15.9 Å². The van der Waals surface area contributed by atoms with E-state index in [1.807, 2.05) is 0 Å². The molecular weight excluding hydrogens is 370 g/mol. The molecule has 2 rings (SSSR count).